The molecule has 2 bridgehead atoms. The van der Waals surface area contributed by atoms with Gasteiger partial charge in [0, 0.05) is 32.0 Å². The number of hydroxylamine groups is 2. The topological polar surface area (TPSA) is 156 Å². The molecular formula is C17H25N5O8S. The smallest absolute Gasteiger partial charge is 0.418 e. The number of hydrogen-bond donors (Lipinski definition) is 1. The van der Waals surface area contributed by atoms with Crippen LogP contribution in [0.15, 0.2) is 4.42 Å². The highest BCUT2D eigenvalue weighted by Gasteiger charge is 2.49. The molecule has 13 nitrogen and oxygen atoms in total. The van der Waals surface area contributed by atoms with Crippen LogP contribution in [-0.2, 0) is 25.8 Å². The number of amides is 3. The maximum atomic E-state index is 12.5. The van der Waals surface area contributed by atoms with E-state index in [2.05, 4.69) is 14.5 Å². The molecule has 0 unspecified atom stereocenters. The number of piperidine rings is 1. The summed E-state index contributed by atoms with van der Waals surface area (Å²) in [6.07, 6.45) is 1.08. The van der Waals surface area contributed by atoms with Gasteiger partial charge < -0.3 is 19.0 Å². The Morgan fingerprint density at radius 1 is 1.23 bits per heavy atom. The molecule has 0 spiro atoms. The van der Waals surface area contributed by atoms with Crippen LogP contribution < -0.4 is 0 Å². The molecule has 0 saturated carbocycles. The molecule has 4 heterocycles. The second kappa shape index (κ2) is 7.60. The third kappa shape index (κ3) is 4.75. The molecule has 3 fully saturated rings. The van der Waals surface area contributed by atoms with E-state index in [1.165, 1.54) is 4.90 Å². The van der Waals surface area contributed by atoms with E-state index < -0.39 is 34.1 Å². The summed E-state index contributed by atoms with van der Waals surface area (Å²) >= 11 is 0. The number of fused-ring (bicyclic) bond motifs is 2. The summed E-state index contributed by atoms with van der Waals surface area (Å²) in [5, 5.41) is 8.79. The zero-order valence-electron chi connectivity index (χ0n) is 17.4. The number of aromatic nitrogens is 2. The third-order valence-electron chi connectivity index (χ3n) is 5.34. The number of carbonyl (C=O) groups is 2. The van der Waals surface area contributed by atoms with Crippen LogP contribution in [0.25, 0.3) is 0 Å². The van der Waals surface area contributed by atoms with Gasteiger partial charge in [0.2, 0.25) is 11.8 Å². The highest BCUT2D eigenvalue weighted by Crippen LogP contribution is 2.38. The van der Waals surface area contributed by atoms with E-state index in [1.807, 2.05) is 20.8 Å². The lowest BCUT2D eigenvalue weighted by molar-refractivity contribution is -0.0317. The van der Waals surface area contributed by atoms with Crippen LogP contribution in [0.5, 0.6) is 0 Å². The highest BCUT2D eigenvalue weighted by molar-refractivity contribution is 7.80. The fraction of sp³-hybridized carbons (Fsp3) is 0.765. The Hall–Kier alpha value is -2.45. The van der Waals surface area contributed by atoms with E-state index in [0.717, 1.165) is 0 Å². The standard InChI is InChI=1S/C17H25N5O8S/c1-17(2,3)29-16(24)20-7-10(8-20)6-13-18-19-14(28-13)12-5-4-11-9-21(12)15(23)22(11)30-31(25,26)27/h10-12H,4-9H2,1-3H3,(H,25,26,27)/t11-,12-/m0/s1. The fourth-order valence-electron chi connectivity index (χ4n) is 3.99. The van der Waals surface area contributed by atoms with Crippen molar-refractivity contribution in [1.29, 1.82) is 0 Å². The molecule has 3 saturated heterocycles. The molecule has 31 heavy (non-hydrogen) atoms. The van der Waals surface area contributed by atoms with Crippen LogP contribution in [-0.4, -0.2) is 81.4 Å². The van der Waals surface area contributed by atoms with Crippen LogP contribution >= 0.6 is 0 Å². The Morgan fingerprint density at radius 3 is 2.58 bits per heavy atom. The van der Waals surface area contributed by atoms with Crippen molar-refractivity contribution < 1.29 is 36.0 Å². The van der Waals surface area contributed by atoms with Gasteiger partial charge in [-0.25, -0.2) is 9.59 Å². The second-order valence-electron chi connectivity index (χ2n) is 9.00. The molecule has 4 rings (SSSR count). The van der Waals surface area contributed by atoms with Gasteiger partial charge in [0.1, 0.15) is 11.6 Å². The SMILES string of the molecule is CC(C)(C)OC(=O)N1CC(Cc2nnc([C@@H]3CC[C@H]4CN3C(=O)N4OS(=O)(=O)O)o2)C1. The van der Waals surface area contributed by atoms with Gasteiger partial charge in [0.25, 0.3) is 0 Å². The summed E-state index contributed by atoms with van der Waals surface area (Å²) in [6, 6.07) is -1.67. The first kappa shape index (κ1) is 21.8. The molecule has 1 aromatic heterocycles. The first-order chi connectivity index (χ1) is 14.4. The lowest BCUT2D eigenvalue weighted by Crippen LogP contribution is -2.52. The Kier molecular flexibility index (Phi) is 5.34. The van der Waals surface area contributed by atoms with Crippen LogP contribution in [0.2, 0.25) is 0 Å². The number of nitrogens with zero attached hydrogens (tertiary/aromatic N) is 5. The summed E-state index contributed by atoms with van der Waals surface area (Å²) < 4.78 is 46.4. The number of urea groups is 1. The van der Waals surface area contributed by atoms with E-state index in [4.69, 9.17) is 13.7 Å². The van der Waals surface area contributed by atoms with Gasteiger partial charge in [-0.15, -0.1) is 14.5 Å². The quantitative estimate of drug-likeness (QED) is 0.634. The van der Waals surface area contributed by atoms with Gasteiger partial charge >= 0.3 is 22.5 Å². The van der Waals surface area contributed by atoms with Gasteiger partial charge in [-0.2, -0.15) is 13.5 Å². The molecule has 3 amide bonds. The number of rotatable bonds is 5. The maximum Gasteiger partial charge on any atom is 0.418 e. The zero-order valence-corrected chi connectivity index (χ0v) is 18.2. The molecule has 172 valence electrons. The van der Waals surface area contributed by atoms with Gasteiger partial charge in [0.05, 0.1) is 6.04 Å². The molecule has 1 N–H and O–H groups in total. The van der Waals surface area contributed by atoms with Crippen molar-refractivity contribution in [3.63, 3.8) is 0 Å². The molecule has 0 aliphatic carbocycles. The average Bonchev–Trinajstić information content (AvgIpc) is 3.15. The van der Waals surface area contributed by atoms with Crippen molar-refractivity contribution in [3.05, 3.63) is 11.8 Å². The van der Waals surface area contributed by atoms with Crippen LogP contribution in [0.1, 0.15) is 51.4 Å². The Bertz CT molecular complexity index is 967. The summed E-state index contributed by atoms with van der Waals surface area (Å²) in [5.74, 6) is 0.839. The molecular weight excluding hydrogens is 434 g/mol. The zero-order chi connectivity index (χ0) is 22.6. The van der Waals surface area contributed by atoms with Crippen molar-refractivity contribution >= 4 is 22.5 Å². The highest BCUT2D eigenvalue weighted by atomic mass is 32.3. The van der Waals surface area contributed by atoms with E-state index in [9.17, 15) is 18.0 Å². The van der Waals surface area contributed by atoms with Crippen LogP contribution in [0.4, 0.5) is 9.59 Å². The summed E-state index contributed by atoms with van der Waals surface area (Å²) in [4.78, 5) is 27.5. The van der Waals surface area contributed by atoms with Crippen molar-refractivity contribution in [2.24, 2.45) is 5.92 Å². The number of hydrogen-bond acceptors (Lipinski definition) is 9. The number of ether oxygens (including phenoxy) is 1. The first-order valence-corrected chi connectivity index (χ1v) is 11.3. The second-order valence-corrected chi connectivity index (χ2v) is 10.0. The molecule has 1 aromatic rings. The van der Waals surface area contributed by atoms with E-state index in [0.29, 0.717) is 43.3 Å². The van der Waals surface area contributed by atoms with Crippen LogP contribution in [0, 0.1) is 5.92 Å². The Morgan fingerprint density at radius 2 is 1.94 bits per heavy atom. The number of likely N-dealkylation sites (tertiary alicyclic amines) is 1. The Labute approximate surface area is 179 Å². The third-order valence-corrected chi connectivity index (χ3v) is 5.69. The predicted octanol–water partition coefficient (Wildman–Crippen LogP) is 1.15. The molecule has 3 aliphatic rings. The van der Waals surface area contributed by atoms with Crippen molar-refractivity contribution in [2.45, 2.75) is 57.7 Å². The predicted molar refractivity (Wildman–Crippen MR) is 102 cm³/mol. The van der Waals surface area contributed by atoms with Gasteiger partial charge in [-0.3, -0.25) is 4.55 Å². The Balaban J connectivity index is 1.33. The van der Waals surface area contributed by atoms with Gasteiger partial charge in [-0.1, -0.05) is 0 Å². The normalized spacial score (nSPS) is 24.5. The van der Waals surface area contributed by atoms with Crippen molar-refractivity contribution in [1.82, 2.24) is 25.1 Å². The van der Waals surface area contributed by atoms with Gasteiger partial charge in [-0.05, 0) is 33.6 Å². The summed E-state index contributed by atoms with van der Waals surface area (Å²) in [5.41, 5.74) is -0.544. The minimum Gasteiger partial charge on any atom is -0.444 e. The minimum atomic E-state index is -4.80. The molecule has 0 radical (unpaired) electrons. The van der Waals surface area contributed by atoms with E-state index in [-0.39, 0.29) is 24.4 Å². The summed E-state index contributed by atoms with van der Waals surface area (Å²) in [6.45, 7) is 6.73. The molecule has 14 heteroatoms. The van der Waals surface area contributed by atoms with E-state index in [1.54, 1.807) is 4.90 Å². The molecule has 3 aliphatic heterocycles. The average molecular weight is 459 g/mol. The van der Waals surface area contributed by atoms with Crippen LogP contribution in [0.3, 0.4) is 0 Å². The van der Waals surface area contributed by atoms with E-state index >= 15 is 0 Å². The number of carbonyl (C=O) groups excluding carboxylic acids is 2. The van der Waals surface area contributed by atoms with Crippen molar-refractivity contribution in [2.75, 3.05) is 19.6 Å². The largest absolute Gasteiger partial charge is 0.444 e. The summed E-state index contributed by atoms with van der Waals surface area (Å²) in [7, 11) is -4.80. The lowest BCUT2D eigenvalue weighted by Gasteiger charge is -2.39. The lowest BCUT2D eigenvalue weighted by atomic mass is 9.97. The molecule has 0 aromatic carbocycles. The monoisotopic (exact) mass is 459 g/mol. The van der Waals surface area contributed by atoms with Gasteiger partial charge in [0.15, 0.2) is 0 Å². The minimum absolute atomic E-state index is 0.170. The fourth-order valence-corrected chi connectivity index (χ4v) is 4.38. The van der Waals surface area contributed by atoms with Crippen molar-refractivity contribution in [3.8, 4) is 0 Å². The first-order valence-electron chi connectivity index (χ1n) is 9.96. The maximum absolute atomic E-state index is 12.5. The molecule has 2 atom stereocenters.